The summed E-state index contributed by atoms with van der Waals surface area (Å²) in [6.45, 7) is 6.56. The van der Waals surface area contributed by atoms with Crippen molar-refractivity contribution in [3.63, 3.8) is 0 Å². The number of carbonyl (C=O) groups is 1. The molecule has 24 heavy (non-hydrogen) atoms. The van der Waals surface area contributed by atoms with Crippen molar-refractivity contribution in [3.05, 3.63) is 51.9 Å². The third kappa shape index (κ3) is 2.44. The highest BCUT2D eigenvalue weighted by Crippen LogP contribution is 2.39. The maximum absolute atomic E-state index is 12.9. The lowest BCUT2D eigenvalue weighted by Gasteiger charge is -2.34. The van der Waals surface area contributed by atoms with Gasteiger partial charge in [0.25, 0.3) is 5.91 Å². The highest BCUT2D eigenvalue weighted by atomic mass is 35.5. The van der Waals surface area contributed by atoms with E-state index in [1.807, 2.05) is 11.8 Å². The first-order valence-corrected chi connectivity index (χ1v) is 8.61. The molecule has 2 aromatic rings. The molecule has 1 aromatic carbocycles. The van der Waals surface area contributed by atoms with Gasteiger partial charge < -0.3 is 9.80 Å². The molecule has 0 spiro atoms. The summed E-state index contributed by atoms with van der Waals surface area (Å²) in [4.78, 5) is 26.3. The van der Waals surface area contributed by atoms with Gasteiger partial charge in [0.05, 0.1) is 18.3 Å². The number of aryl methyl sites for hydroxylation is 1. The Morgan fingerprint density at radius 3 is 2.54 bits per heavy atom. The van der Waals surface area contributed by atoms with Gasteiger partial charge in [-0.05, 0) is 44.5 Å². The van der Waals surface area contributed by atoms with E-state index in [4.69, 9.17) is 11.6 Å². The molecule has 6 heteroatoms. The number of halogens is 1. The molecule has 0 radical (unpaired) electrons. The highest BCUT2D eigenvalue weighted by Gasteiger charge is 2.37. The standard InChI is InChI=1S/C18H19ClN4O/c1-11-16-15(20-12(2)21-17(16)22-8-3-9-22)10-23(11)18(24)13-4-6-14(19)7-5-13/h4-7,11H,3,8-10H2,1-2H3. The molecule has 3 heterocycles. The minimum atomic E-state index is -0.0284. The van der Waals surface area contributed by atoms with Gasteiger partial charge in [0.2, 0.25) is 0 Å². The summed E-state index contributed by atoms with van der Waals surface area (Å²) in [5.74, 6) is 1.77. The first-order chi connectivity index (χ1) is 11.5. The van der Waals surface area contributed by atoms with Gasteiger partial charge in [0.1, 0.15) is 11.6 Å². The average molecular weight is 343 g/mol. The molecule has 5 nitrogen and oxygen atoms in total. The third-order valence-electron chi connectivity index (χ3n) is 4.83. The van der Waals surface area contributed by atoms with Crippen LogP contribution in [0.15, 0.2) is 24.3 Å². The minimum absolute atomic E-state index is 0.00405. The van der Waals surface area contributed by atoms with E-state index in [0.29, 0.717) is 17.1 Å². The zero-order valence-electron chi connectivity index (χ0n) is 13.8. The van der Waals surface area contributed by atoms with Gasteiger partial charge in [-0.15, -0.1) is 0 Å². The van der Waals surface area contributed by atoms with Gasteiger partial charge in [-0.2, -0.15) is 0 Å². The lowest BCUT2D eigenvalue weighted by molar-refractivity contribution is 0.0704. The van der Waals surface area contributed by atoms with Crippen molar-refractivity contribution in [2.45, 2.75) is 32.9 Å². The van der Waals surface area contributed by atoms with Crippen LogP contribution in [0.2, 0.25) is 5.02 Å². The van der Waals surface area contributed by atoms with E-state index in [0.717, 1.165) is 36.0 Å². The van der Waals surface area contributed by atoms with E-state index in [2.05, 4.69) is 21.8 Å². The number of amides is 1. The molecule has 0 bridgehead atoms. The van der Waals surface area contributed by atoms with Crippen molar-refractivity contribution in [1.29, 1.82) is 0 Å². The van der Waals surface area contributed by atoms with Crippen LogP contribution in [0.3, 0.4) is 0 Å². The summed E-state index contributed by atoms with van der Waals surface area (Å²) in [5.41, 5.74) is 2.72. The first kappa shape index (κ1) is 15.4. The van der Waals surface area contributed by atoms with Gasteiger partial charge >= 0.3 is 0 Å². The zero-order valence-corrected chi connectivity index (χ0v) is 14.5. The Morgan fingerprint density at radius 1 is 1.21 bits per heavy atom. The van der Waals surface area contributed by atoms with Crippen molar-refractivity contribution < 1.29 is 4.79 Å². The number of benzene rings is 1. The minimum Gasteiger partial charge on any atom is -0.356 e. The molecule has 1 atom stereocenters. The number of nitrogens with zero attached hydrogens (tertiary/aromatic N) is 4. The van der Waals surface area contributed by atoms with Crippen LogP contribution >= 0.6 is 11.6 Å². The van der Waals surface area contributed by atoms with E-state index < -0.39 is 0 Å². The second kappa shape index (κ2) is 5.74. The van der Waals surface area contributed by atoms with Crippen LogP contribution in [-0.2, 0) is 6.54 Å². The fourth-order valence-electron chi connectivity index (χ4n) is 3.40. The van der Waals surface area contributed by atoms with Crippen molar-refractivity contribution in [3.8, 4) is 0 Å². The molecule has 0 saturated carbocycles. The van der Waals surface area contributed by atoms with Gasteiger partial charge in [-0.25, -0.2) is 9.97 Å². The Labute approximate surface area is 146 Å². The van der Waals surface area contributed by atoms with Crippen molar-refractivity contribution in [2.75, 3.05) is 18.0 Å². The maximum Gasteiger partial charge on any atom is 0.254 e. The fourth-order valence-corrected chi connectivity index (χ4v) is 3.53. The largest absolute Gasteiger partial charge is 0.356 e. The Morgan fingerprint density at radius 2 is 1.92 bits per heavy atom. The van der Waals surface area contributed by atoms with Gasteiger partial charge in [-0.1, -0.05) is 11.6 Å². The number of fused-ring (bicyclic) bond motifs is 1. The predicted molar refractivity (Wildman–Crippen MR) is 93.3 cm³/mol. The molecule has 2 aliphatic heterocycles. The molecule has 1 aromatic heterocycles. The van der Waals surface area contributed by atoms with E-state index >= 15 is 0 Å². The molecule has 1 fully saturated rings. The van der Waals surface area contributed by atoms with Crippen LogP contribution in [0.4, 0.5) is 5.82 Å². The van der Waals surface area contributed by atoms with Gasteiger partial charge in [0.15, 0.2) is 0 Å². The number of rotatable bonds is 2. The van der Waals surface area contributed by atoms with Crippen molar-refractivity contribution >= 4 is 23.3 Å². The number of aromatic nitrogens is 2. The summed E-state index contributed by atoms with van der Waals surface area (Å²) in [6.07, 6.45) is 1.19. The molecule has 0 aliphatic carbocycles. The smallest absolute Gasteiger partial charge is 0.254 e. The van der Waals surface area contributed by atoms with Gasteiger partial charge in [0, 0.05) is 29.2 Å². The molecule has 1 saturated heterocycles. The number of carbonyl (C=O) groups excluding carboxylic acids is 1. The van der Waals surface area contributed by atoms with Crippen molar-refractivity contribution in [2.24, 2.45) is 0 Å². The summed E-state index contributed by atoms with van der Waals surface area (Å²) in [6, 6.07) is 7.01. The Kier molecular flexibility index (Phi) is 3.68. The van der Waals surface area contributed by atoms with E-state index in [1.54, 1.807) is 24.3 Å². The second-order valence-electron chi connectivity index (χ2n) is 6.41. The molecule has 4 rings (SSSR count). The fraction of sp³-hybridized carbons (Fsp3) is 0.389. The summed E-state index contributed by atoms with van der Waals surface area (Å²) >= 11 is 5.92. The third-order valence-corrected chi connectivity index (χ3v) is 5.08. The number of hydrogen-bond acceptors (Lipinski definition) is 4. The molecule has 2 aliphatic rings. The predicted octanol–water partition coefficient (Wildman–Crippen LogP) is 3.37. The SMILES string of the molecule is Cc1nc2c(c(N3CCC3)n1)C(C)N(C(=O)c1ccc(Cl)cc1)C2. The van der Waals surface area contributed by atoms with E-state index in [-0.39, 0.29) is 11.9 Å². The van der Waals surface area contributed by atoms with Crippen LogP contribution < -0.4 is 4.90 Å². The molecule has 1 amide bonds. The molecular formula is C18H19ClN4O. The van der Waals surface area contributed by atoms with E-state index in [9.17, 15) is 4.79 Å². The second-order valence-corrected chi connectivity index (χ2v) is 6.85. The Hall–Kier alpha value is -2.14. The van der Waals surface area contributed by atoms with Crippen molar-refractivity contribution in [1.82, 2.24) is 14.9 Å². The molecule has 1 unspecified atom stereocenters. The highest BCUT2D eigenvalue weighted by molar-refractivity contribution is 6.30. The lowest BCUT2D eigenvalue weighted by Crippen LogP contribution is -2.39. The van der Waals surface area contributed by atoms with Crippen LogP contribution in [0, 0.1) is 6.92 Å². The topological polar surface area (TPSA) is 49.3 Å². The zero-order chi connectivity index (χ0) is 16.8. The maximum atomic E-state index is 12.9. The lowest BCUT2D eigenvalue weighted by atomic mass is 10.1. The first-order valence-electron chi connectivity index (χ1n) is 8.23. The summed E-state index contributed by atoms with van der Waals surface area (Å²) in [7, 11) is 0. The van der Waals surface area contributed by atoms with Crippen LogP contribution in [0.1, 0.15) is 46.8 Å². The molecular weight excluding hydrogens is 324 g/mol. The Bertz CT molecular complexity index is 801. The van der Waals surface area contributed by atoms with Crippen LogP contribution in [0.5, 0.6) is 0 Å². The van der Waals surface area contributed by atoms with Crippen LogP contribution in [-0.4, -0.2) is 33.9 Å². The average Bonchev–Trinajstić information content (AvgIpc) is 2.82. The van der Waals surface area contributed by atoms with E-state index in [1.165, 1.54) is 6.42 Å². The normalized spacial score (nSPS) is 19.2. The molecule has 124 valence electrons. The quantitative estimate of drug-likeness (QED) is 0.839. The summed E-state index contributed by atoms with van der Waals surface area (Å²) in [5, 5.41) is 0.630. The number of anilines is 1. The monoisotopic (exact) mass is 342 g/mol. The Balaban J connectivity index is 1.68. The van der Waals surface area contributed by atoms with Gasteiger partial charge in [-0.3, -0.25) is 4.79 Å². The number of hydrogen-bond donors (Lipinski definition) is 0. The molecule has 0 N–H and O–H groups in total. The summed E-state index contributed by atoms with van der Waals surface area (Å²) < 4.78 is 0. The van der Waals surface area contributed by atoms with Crippen LogP contribution in [0.25, 0.3) is 0 Å².